The van der Waals surface area contributed by atoms with Crippen molar-refractivity contribution < 1.29 is 9.90 Å². The molecule has 0 saturated carbocycles. The van der Waals surface area contributed by atoms with Gasteiger partial charge in [0.25, 0.3) is 5.91 Å². The summed E-state index contributed by atoms with van der Waals surface area (Å²) in [5.41, 5.74) is 2.29. The predicted molar refractivity (Wildman–Crippen MR) is 107 cm³/mol. The number of hydrogen-bond acceptors (Lipinski definition) is 4. The molecule has 1 aromatic carbocycles. The summed E-state index contributed by atoms with van der Waals surface area (Å²) in [5, 5.41) is 12.5. The summed E-state index contributed by atoms with van der Waals surface area (Å²) in [7, 11) is 0. The van der Waals surface area contributed by atoms with Gasteiger partial charge in [-0.1, -0.05) is 44.2 Å². The van der Waals surface area contributed by atoms with Crippen molar-refractivity contribution in [2.45, 2.75) is 32.3 Å². The van der Waals surface area contributed by atoms with Crippen LogP contribution in [0.15, 0.2) is 41.8 Å². The molecule has 1 aromatic heterocycles. The van der Waals surface area contributed by atoms with Gasteiger partial charge in [0.1, 0.15) is 0 Å². The molecule has 0 aliphatic carbocycles. The van der Waals surface area contributed by atoms with Gasteiger partial charge in [-0.05, 0) is 34.9 Å². The molecule has 4 nitrogen and oxygen atoms in total. The van der Waals surface area contributed by atoms with Gasteiger partial charge in [-0.15, -0.1) is 11.3 Å². The second kappa shape index (κ2) is 8.80. The van der Waals surface area contributed by atoms with Crippen molar-refractivity contribution in [3.8, 4) is 0 Å². The third-order valence-electron chi connectivity index (χ3n) is 5.33. The molecule has 1 aliphatic rings. The van der Waals surface area contributed by atoms with Gasteiger partial charge in [0, 0.05) is 32.7 Å². The van der Waals surface area contributed by atoms with Gasteiger partial charge in [0.05, 0.1) is 11.0 Å². The average Bonchev–Trinajstić information content (AvgIpc) is 3.22. The summed E-state index contributed by atoms with van der Waals surface area (Å²) >= 11 is 1.49. The lowest BCUT2D eigenvalue weighted by molar-refractivity contribution is 0.0531. The number of carbonyl (C=O) groups excluding carboxylic acids is 1. The Morgan fingerprint density at radius 3 is 2.35 bits per heavy atom. The van der Waals surface area contributed by atoms with Crippen LogP contribution in [-0.2, 0) is 0 Å². The van der Waals surface area contributed by atoms with E-state index in [9.17, 15) is 9.90 Å². The fourth-order valence-corrected chi connectivity index (χ4v) is 4.01. The SMILES string of the molecule is CC[C@@H](C)c1ccc([C@@H](O)CN2CCN(C(=O)c3cccs3)CC2)cc1. The number of carbonyl (C=O) groups is 1. The largest absolute Gasteiger partial charge is 0.387 e. The van der Waals surface area contributed by atoms with E-state index >= 15 is 0 Å². The van der Waals surface area contributed by atoms with Crippen LogP contribution in [-0.4, -0.2) is 53.5 Å². The molecule has 2 atom stereocenters. The number of rotatable bonds is 6. The fraction of sp³-hybridized carbons (Fsp3) is 0.476. The number of aliphatic hydroxyl groups excluding tert-OH is 1. The number of hydrogen-bond donors (Lipinski definition) is 1. The number of amides is 1. The first-order valence-electron chi connectivity index (χ1n) is 9.41. The molecule has 2 aromatic rings. The number of nitrogens with zero attached hydrogens (tertiary/aromatic N) is 2. The normalized spacial score (nSPS) is 17.9. The fourth-order valence-electron chi connectivity index (χ4n) is 3.32. The highest BCUT2D eigenvalue weighted by Crippen LogP contribution is 2.22. The molecule has 1 amide bonds. The minimum absolute atomic E-state index is 0.126. The van der Waals surface area contributed by atoms with E-state index < -0.39 is 6.10 Å². The Morgan fingerprint density at radius 1 is 1.12 bits per heavy atom. The van der Waals surface area contributed by atoms with Crippen molar-refractivity contribution >= 4 is 17.2 Å². The molecular formula is C21H28N2O2S. The van der Waals surface area contributed by atoms with Crippen LogP contribution in [0.3, 0.4) is 0 Å². The molecule has 3 rings (SSSR count). The summed E-state index contributed by atoms with van der Waals surface area (Å²) in [6.45, 7) is 8.08. The molecule has 5 heteroatoms. The highest BCUT2D eigenvalue weighted by atomic mass is 32.1. The lowest BCUT2D eigenvalue weighted by atomic mass is 9.96. The summed E-state index contributed by atoms with van der Waals surface area (Å²) < 4.78 is 0. The van der Waals surface area contributed by atoms with Crippen molar-refractivity contribution in [1.82, 2.24) is 9.80 Å². The Bertz CT molecular complexity index is 691. The number of thiophene rings is 1. The molecule has 1 N–H and O–H groups in total. The Hall–Kier alpha value is -1.69. The summed E-state index contributed by atoms with van der Waals surface area (Å²) in [5.74, 6) is 0.677. The smallest absolute Gasteiger partial charge is 0.264 e. The lowest BCUT2D eigenvalue weighted by Crippen LogP contribution is -2.49. The monoisotopic (exact) mass is 372 g/mol. The van der Waals surface area contributed by atoms with Crippen molar-refractivity contribution in [2.24, 2.45) is 0 Å². The third-order valence-corrected chi connectivity index (χ3v) is 6.18. The number of β-amino-alcohol motifs (C(OH)–C–C–N with tert-alkyl or cyclic N) is 1. The van der Waals surface area contributed by atoms with E-state index in [4.69, 9.17) is 0 Å². The second-order valence-electron chi connectivity index (χ2n) is 7.06. The maximum Gasteiger partial charge on any atom is 0.264 e. The van der Waals surface area contributed by atoms with Crippen LogP contribution in [0.2, 0.25) is 0 Å². The quantitative estimate of drug-likeness (QED) is 0.840. The number of benzene rings is 1. The molecule has 0 bridgehead atoms. The molecule has 0 spiro atoms. The van der Waals surface area contributed by atoms with E-state index in [0.717, 1.165) is 43.0 Å². The first kappa shape index (κ1) is 19.1. The van der Waals surface area contributed by atoms with Crippen molar-refractivity contribution in [1.29, 1.82) is 0 Å². The second-order valence-corrected chi connectivity index (χ2v) is 8.01. The number of aliphatic hydroxyl groups is 1. The highest BCUT2D eigenvalue weighted by molar-refractivity contribution is 7.12. The zero-order valence-corrected chi connectivity index (χ0v) is 16.4. The van der Waals surface area contributed by atoms with Crippen LogP contribution < -0.4 is 0 Å². The molecular weight excluding hydrogens is 344 g/mol. The minimum Gasteiger partial charge on any atom is -0.387 e. The molecule has 1 saturated heterocycles. The Labute approximate surface area is 160 Å². The topological polar surface area (TPSA) is 43.8 Å². The van der Waals surface area contributed by atoms with E-state index in [-0.39, 0.29) is 5.91 Å². The Balaban J connectivity index is 1.50. The first-order valence-corrected chi connectivity index (χ1v) is 10.3. The van der Waals surface area contributed by atoms with Gasteiger partial charge in [0.15, 0.2) is 0 Å². The highest BCUT2D eigenvalue weighted by Gasteiger charge is 2.24. The van der Waals surface area contributed by atoms with E-state index in [1.807, 2.05) is 34.5 Å². The van der Waals surface area contributed by atoms with Gasteiger partial charge in [-0.2, -0.15) is 0 Å². The zero-order valence-electron chi connectivity index (χ0n) is 15.6. The molecule has 1 aliphatic heterocycles. The average molecular weight is 373 g/mol. The maximum absolute atomic E-state index is 12.4. The van der Waals surface area contributed by atoms with Gasteiger partial charge in [-0.25, -0.2) is 0 Å². The standard InChI is InChI=1S/C21H28N2O2S/c1-3-16(2)17-6-8-18(9-7-17)19(24)15-22-10-12-23(13-11-22)21(25)20-5-4-14-26-20/h4-9,14,16,19,24H,3,10-13,15H2,1-2H3/t16-,19+/m1/s1. The molecule has 2 heterocycles. The number of piperazine rings is 1. The van der Waals surface area contributed by atoms with E-state index in [2.05, 4.69) is 30.9 Å². The lowest BCUT2D eigenvalue weighted by Gasteiger charge is -2.35. The summed E-state index contributed by atoms with van der Waals surface area (Å²) in [6.07, 6.45) is 0.636. The molecule has 1 fully saturated rings. The molecule has 0 unspecified atom stereocenters. The van der Waals surface area contributed by atoms with Crippen LogP contribution in [0, 0.1) is 0 Å². The van der Waals surface area contributed by atoms with Crippen LogP contribution in [0.1, 0.15) is 53.1 Å². The minimum atomic E-state index is -0.486. The van der Waals surface area contributed by atoms with E-state index in [1.54, 1.807) is 0 Å². The van der Waals surface area contributed by atoms with Crippen LogP contribution in [0.25, 0.3) is 0 Å². The Kier molecular flexibility index (Phi) is 6.46. The van der Waals surface area contributed by atoms with Gasteiger partial charge >= 0.3 is 0 Å². The zero-order chi connectivity index (χ0) is 18.5. The van der Waals surface area contributed by atoms with Crippen LogP contribution in [0.5, 0.6) is 0 Å². The summed E-state index contributed by atoms with van der Waals surface area (Å²) in [4.78, 5) is 17.4. The van der Waals surface area contributed by atoms with Gasteiger partial charge in [-0.3, -0.25) is 9.69 Å². The van der Waals surface area contributed by atoms with Crippen LogP contribution >= 0.6 is 11.3 Å². The van der Waals surface area contributed by atoms with E-state index in [1.165, 1.54) is 16.9 Å². The summed E-state index contributed by atoms with van der Waals surface area (Å²) in [6, 6.07) is 12.1. The Morgan fingerprint density at radius 2 is 1.77 bits per heavy atom. The van der Waals surface area contributed by atoms with Crippen molar-refractivity contribution in [3.63, 3.8) is 0 Å². The van der Waals surface area contributed by atoms with E-state index in [0.29, 0.717) is 12.5 Å². The van der Waals surface area contributed by atoms with Gasteiger partial charge < -0.3 is 10.0 Å². The van der Waals surface area contributed by atoms with Crippen LogP contribution in [0.4, 0.5) is 0 Å². The maximum atomic E-state index is 12.4. The van der Waals surface area contributed by atoms with Crippen molar-refractivity contribution in [2.75, 3.05) is 32.7 Å². The van der Waals surface area contributed by atoms with Gasteiger partial charge in [0.2, 0.25) is 0 Å². The predicted octanol–water partition coefficient (Wildman–Crippen LogP) is 3.75. The first-order chi connectivity index (χ1) is 12.6. The molecule has 0 radical (unpaired) electrons. The molecule has 26 heavy (non-hydrogen) atoms. The van der Waals surface area contributed by atoms with Crippen molar-refractivity contribution in [3.05, 3.63) is 57.8 Å². The third kappa shape index (κ3) is 4.53. The molecule has 140 valence electrons.